The van der Waals surface area contributed by atoms with E-state index in [1.54, 1.807) is 18.2 Å². The third-order valence-corrected chi connectivity index (χ3v) is 3.53. The minimum atomic E-state index is -0.243. The van der Waals surface area contributed by atoms with Crippen LogP contribution in [0.3, 0.4) is 0 Å². The van der Waals surface area contributed by atoms with Crippen LogP contribution >= 0.6 is 0 Å². The predicted octanol–water partition coefficient (Wildman–Crippen LogP) is 2.69. The number of rotatable bonds is 1. The molecule has 0 saturated carbocycles. The molecular formula is C17H17B2F. The van der Waals surface area contributed by atoms with Gasteiger partial charge in [-0.25, -0.2) is 4.39 Å². The lowest BCUT2D eigenvalue weighted by Crippen LogP contribution is -2.26. The summed E-state index contributed by atoms with van der Waals surface area (Å²) in [4.78, 5) is 0. The van der Waals surface area contributed by atoms with Gasteiger partial charge >= 0.3 is 0 Å². The van der Waals surface area contributed by atoms with E-state index >= 15 is 0 Å². The van der Waals surface area contributed by atoms with Crippen molar-refractivity contribution in [1.82, 2.24) is 0 Å². The molecule has 20 heavy (non-hydrogen) atoms. The van der Waals surface area contributed by atoms with Crippen LogP contribution in [-0.4, -0.2) is 15.7 Å². The summed E-state index contributed by atoms with van der Waals surface area (Å²) in [7, 11) is 11.6. The summed E-state index contributed by atoms with van der Waals surface area (Å²) in [5.74, 6) is -0.188. The van der Waals surface area contributed by atoms with Crippen molar-refractivity contribution in [2.24, 2.45) is 0 Å². The first-order chi connectivity index (χ1) is 9.21. The second-order valence-electron chi connectivity index (χ2n) is 6.21. The van der Waals surface area contributed by atoms with Gasteiger partial charge in [-0.15, -0.1) is 10.9 Å². The smallest absolute Gasteiger partial charge is 0.134 e. The highest BCUT2D eigenvalue weighted by Gasteiger charge is 2.21. The second kappa shape index (κ2) is 5.12. The number of hydrogen-bond donors (Lipinski definition) is 0. The van der Waals surface area contributed by atoms with Gasteiger partial charge in [0, 0.05) is 5.56 Å². The van der Waals surface area contributed by atoms with Crippen LogP contribution in [0.2, 0.25) is 0 Å². The molecule has 98 valence electrons. The maximum Gasteiger partial charge on any atom is 0.134 e. The van der Waals surface area contributed by atoms with Gasteiger partial charge in [-0.2, -0.15) is 0 Å². The Kier molecular flexibility index (Phi) is 3.82. The van der Waals surface area contributed by atoms with Gasteiger partial charge in [-0.1, -0.05) is 51.1 Å². The first-order valence-electron chi connectivity index (χ1n) is 6.67. The van der Waals surface area contributed by atoms with Gasteiger partial charge in [0.15, 0.2) is 0 Å². The normalized spacial score (nSPS) is 11.7. The van der Waals surface area contributed by atoms with Crippen LogP contribution in [0.15, 0.2) is 30.3 Å². The minimum absolute atomic E-state index is 0.188. The molecular weight excluding hydrogens is 245 g/mol. The summed E-state index contributed by atoms with van der Waals surface area (Å²) in [5.41, 5.74) is 3.74. The molecule has 0 unspecified atom stereocenters. The average Bonchev–Trinajstić information content (AvgIpc) is 2.33. The molecule has 0 nitrogen and oxygen atoms in total. The van der Waals surface area contributed by atoms with Crippen molar-refractivity contribution >= 4 is 26.6 Å². The number of halogens is 1. The zero-order chi connectivity index (χ0) is 15.1. The Hall–Kier alpha value is -1.50. The molecule has 0 amide bonds. The zero-order valence-corrected chi connectivity index (χ0v) is 12.4. The zero-order valence-electron chi connectivity index (χ0n) is 12.4. The largest absolute Gasteiger partial charge is 0.206 e. The monoisotopic (exact) mass is 262 g/mol. The molecule has 3 heteroatoms. The number of aryl methyl sites for hydroxylation is 1. The quantitative estimate of drug-likeness (QED) is 0.693. The van der Waals surface area contributed by atoms with Crippen molar-refractivity contribution < 1.29 is 4.39 Å². The summed E-state index contributed by atoms with van der Waals surface area (Å²) < 4.78 is 14.8. The average molecular weight is 262 g/mol. The van der Waals surface area contributed by atoms with E-state index in [1.807, 2.05) is 39.8 Å². The highest BCUT2D eigenvalue weighted by atomic mass is 19.1. The van der Waals surface area contributed by atoms with E-state index in [0.29, 0.717) is 22.1 Å². The van der Waals surface area contributed by atoms with E-state index in [9.17, 15) is 4.39 Å². The Labute approximate surface area is 123 Å². The maximum atomic E-state index is 14.8. The van der Waals surface area contributed by atoms with Crippen molar-refractivity contribution in [2.75, 3.05) is 0 Å². The molecule has 0 atom stereocenters. The molecule has 0 heterocycles. The molecule has 0 saturated heterocycles. The van der Waals surface area contributed by atoms with E-state index in [-0.39, 0.29) is 11.2 Å². The van der Waals surface area contributed by atoms with Gasteiger partial charge in [0.2, 0.25) is 0 Å². The summed E-state index contributed by atoms with van der Waals surface area (Å²) in [5, 5.41) is 0. The number of hydrogen-bond acceptors (Lipinski definition) is 0. The van der Waals surface area contributed by atoms with Crippen molar-refractivity contribution in [1.29, 1.82) is 0 Å². The molecule has 0 aliphatic heterocycles. The van der Waals surface area contributed by atoms with Crippen LogP contribution in [-0.2, 0) is 5.41 Å². The third kappa shape index (κ3) is 2.67. The topological polar surface area (TPSA) is 0 Å². The fourth-order valence-corrected chi connectivity index (χ4v) is 2.36. The third-order valence-electron chi connectivity index (χ3n) is 3.53. The molecule has 2 aromatic rings. The summed E-state index contributed by atoms with van der Waals surface area (Å²) in [6.45, 7) is 7.91. The first kappa shape index (κ1) is 14.9. The fourth-order valence-electron chi connectivity index (χ4n) is 2.36. The van der Waals surface area contributed by atoms with E-state index < -0.39 is 0 Å². The molecule has 2 aromatic carbocycles. The van der Waals surface area contributed by atoms with Crippen LogP contribution in [0.25, 0.3) is 11.1 Å². The molecule has 0 N–H and O–H groups in total. The van der Waals surface area contributed by atoms with Crippen molar-refractivity contribution in [3.8, 4) is 11.1 Å². The number of benzene rings is 2. The van der Waals surface area contributed by atoms with E-state index in [0.717, 1.165) is 11.1 Å². The molecule has 0 aromatic heterocycles. The molecule has 0 bridgehead atoms. The highest BCUT2D eigenvalue weighted by Crippen LogP contribution is 2.32. The first-order valence-corrected chi connectivity index (χ1v) is 6.67. The Morgan fingerprint density at radius 3 is 2.15 bits per heavy atom. The Morgan fingerprint density at radius 2 is 1.55 bits per heavy atom. The van der Waals surface area contributed by atoms with E-state index in [4.69, 9.17) is 15.7 Å². The Morgan fingerprint density at radius 1 is 0.950 bits per heavy atom. The fraction of sp³-hybridized carbons (Fsp3) is 0.294. The maximum absolute atomic E-state index is 14.8. The van der Waals surface area contributed by atoms with Gasteiger partial charge in [0.25, 0.3) is 0 Å². The van der Waals surface area contributed by atoms with Gasteiger partial charge in [-0.3, -0.25) is 0 Å². The lowest BCUT2D eigenvalue weighted by molar-refractivity contribution is 0.525. The van der Waals surface area contributed by atoms with Gasteiger partial charge in [0.1, 0.15) is 21.5 Å². The van der Waals surface area contributed by atoms with Crippen molar-refractivity contribution in [3.63, 3.8) is 0 Å². The molecule has 4 radical (unpaired) electrons. The van der Waals surface area contributed by atoms with E-state index in [2.05, 4.69) is 0 Å². The summed E-state index contributed by atoms with van der Waals surface area (Å²) in [6.07, 6.45) is 0. The van der Waals surface area contributed by atoms with Crippen LogP contribution in [0, 0.1) is 12.7 Å². The van der Waals surface area contributed by atoms with Crippen LogP contribution in [0.1, 0.15) is 31.9 Å². The van der Waals surface area contributed by atoms with Crippen molar-refractivity contribution in [2.45, 2.75) is 33.1 Å². The van der Waals surface area contributed by atoms with Crippen LogP contribution < -0.4 is 10.9 Å². The lowest BCUT2D eigenvalue weighted by atomic mass is 9.77. The summed E-state index contributed by atoms with van der Waals surface area (Å²) in [6, 6.07) is 9.02. The van der Waals surface area contributed by atoms with E-state index in [1.165, 1.54) is 0 Å². The minimum Gasteiger partial charge on any atom is -0.206 e. The standard InChI is InChI=1S/C17H17B2F/c1-10-8-14(18)15(19)9-12(10)11-6-5-7-13(16(11)20)17(2,3)4/h5-9H,1-4H3. The molecule has 0 spiro atoms. The second-order valence-corrected chi connectivity index (χ2v) is 6.21. The predicted molar refractivity (Wildman–Crippen MR) is 86.0 cm³/mol. The Bertz CT molecular complexity index is 655. The summed E-state index contributed by atoms with van der Waals surface area (Å²) >= 11 is 0. The highest BCUT2D eigenvalue weighted by molar-refractivity contribution is 6.48. The molecule has 0 aliphatic rings. The SMILES string of the molecule is [B]c1cc(C)c(-c2cccc(C(C)(C)C)c2F)cc1[B]. The lowest BCUT2D eigenvalue weighted by Gasteiger charge is -2.22. The molecule has 2 rings (SSSR count). The van der Waals surface area contributed by atoms with Crippen LogP contribution in [0.5, 0.6) is 0 Å². The molecule has 0 fully saturated rings. The van der Waals surface area contributed by atoms with Crippen molar-refractivity contribution in [3.05, 3.63) is 47.3 Å². The van der Waals surface area contributed by atoms with Crippen LogP contribution in [0.4, 0.5) is 4.39 Å². The van der Waals surface area contributed by atoms with Gasteiger partial charge in [-0.05, 0) is 29.0 Å². The van der Waals surface area contributed by atoms with Gasteiger partial charge < -0.3 is 0 Å². The molecule has 0 aliphatic carbocycles. The van der Waals surface area contributed by atoms with Gasteiger partial charge in [0.05, 0.1) is 0 Å². The Balaban J connectivity index is 2.69.